The van der Waals surface area contributed by atoms with Crippen molar-refractivity contribution in [1.82, 2.24) is 0 Å². The molecule has 0 radical (unpaired) electrons. The number of nitrogens with one attached hydrogen (secondary N) is 1. The Labute approximate surface area is 78.6 Å². The molecular weight excluding hydrogens is 164 g/mol. The first-order valence-electron chi connectivity index (χ1n) is 4.31. The summed E-state index contributed by atoms with van der Waals surface area (Å²) in [6.45, 7) is 4.49. The number of benzene rings is 1. The fourth-order valence-electron chi connectivity index (χ4n) is 0.995. The number of aromatic hydroxyl groups is 1. The molecule has 0 amide bonds. The molecule has 0 unspecified atom stereocenters. The van der Waals surface area contributed by atoms with Crippen molar-refractivity contribution in [1.29, 1.82) is 0 Å². The van der Waals surface area contributed by atoms with Crippen LogP contribution in [0.1, 0.15) is 13.8 Å². The quantitative estimate of drug-likeness (QED) is 0.618. The van der Waals surface area contributed by atoms with Crippen molar-refractivity contribution in [2.24, 2.45) is 5.73 Å². The maximum Gasteiger partial charge on any atom is 0.138 e. The van der Waals surface area contributed by atoms with E-state index in [-0.39, 0.29) is 11.3 Å². The van der Waals surface area contributed by atoms with Crippen molar-refractivity contribution in [3.8, 4) is 5.75 Å². The van der Waals surface area contributed by atoms with Gasteiger partial charge in [0, 0.05) is 12.1 Å². The summed E-state index contributed by atoms with van der Waals surface area (Å²) in [7, 11) is 0. The Bertz CT molecular complexity index is 284. The second kappa shape index (κ2) is 3.66. The van der Waals surface area contributed by atoms with Crippen molar-refractivity contribution >= 4 is 5.69 Å². The fraction of sp³-hybridized carbons (Fsp3) is 0.400. The van der Waals surface area contributed by atoms with Crippen LogP contribution < -0.4 is 11.1 Å². The van der Waals surface area contributed by atoms with E-state index in [2.05, 4.69) is 5.32 Å². The number of rotatable bonds is 3. The van der Waals surface area contributed by atoms with E-state index < -0.39 is 0 Å². The number of phenols is 1. The minimum Gasteiger partial charge on any atom is -0.506 e. The summed E-state index contributed by atoms with van der Waals surface area (Å²) in [5.41, 5.74) is 6.08. The SMILES string of the molecule is CC(C)(CN)Nc1ccccc1O. The van der Waals surface area contributed by atoms with Gasteiger partial charge < -0.3 is 16.2 Å². The Hall–Kier alpha value is -1.22. The number of anilines is 1. The van der Waals surface area contributed by atoms with Crippen LogP contribution in [0.4, 0.5) is 5.69 Å². The summed E-state index contributed by atoms with van der Waals surface area (Å²) in [5.74, 6) is 0.254. The van der Waals surface area contributed by atoms with Gasteiger partial charge in [-0.2, -0.15) is 0 Å². The first kappa shape index (κ1) is 9.86. The summed E-state index contributed by atoms with van der Waals surface area (Å²) in [6, 6.07) is 7.13. The lowest BCUT2D eigenvalue weighted by Crippen LogP contribution is -2.39. The zero-order chi connectivity index (χ0) is 9.90. The average molecular weight is 180 g/mol. The van der Waals surface area contributed by atoms with E-state index in [0.29, 0.717) is 6.54 Å². The van der Waals surface area contributed by atoms with Crippen molar-refractivity contribution in [3.05, 3.63) is 24.3 Å². The molecule has 0 aliphatic rings. The molecule has 1 aromatic rings. The third-order valence-corrected chi connectivity index (χ3v) is 1.89. The molecule has 1 rings (SSSR count). The molecule has 0 saturated carbocycles. The highest BCUT2D eigenvalue weighted by Gasteiger charge is 2.15. The van der Waals surface area contributed by atoms with Gasteiger partial charge in [-0.3, -0.25) is 0 Å². The number of hydrogen-bond acceptors (Lipinski definition) is 3. The molecule has 13 heavy (non-hydrogen) atoms. The molecule has 3 nitrogen and oxygen atoms in total. The third kappa shape index (κ3) is 2.63. The molecule has 0 aliphatic heterocycles. The van der Waals surface area contributed by atoms with Crippen molar-refractivity contribution in [3.63, 3.8) is 0 Å². The molecule has 0 spiro atoms. The minimum atomic E-state index is -0.196. The van der Waals surface area contributed by atoms with E-state index in [1.165, 1.54) is 0 Å². The maximum absolute atomic E-state index is 9.47. The number of para-hydroxylation sites is 2. The summed E-state index contributed by atoms with van der Waals surface area (Å²) < 4.78 is 0. The predicted octanol–water partition coefficient (Wildman–Crippen LogP) is 1.54. The van der Waals surface area contributed by atoms with Crippen LogP contribution in [0.2, 0.25) is 0 Å². The first-order chi connectivity index (χ1) is 6.05. The van der Waals surface area contributed by atoms with Crippen molar-refractivity contribution < 1.29 is 5.11 Å². The molecular formula is C10H16N2O. The Morgan fingerprint density at radius 3 is 2.54 bits per heavy atom. The number of nitrogens with two attached hydrogens (primary N) is 1. The Morgan fingerprint density at radius 1 is 1.38 bits per heavy atom. The molecule has 0 fully saturated rings. The van der Waals surface area contributed by atoms with Gasteiger partial charge in [-0.1, -0.05) is 12.1 Å². The summed E-state index contributed by atoms with van der Waals surface area (Å²) in [5, 5.41) is 12.6. The lowest BCUT2D eigenvalue weighted by atomic mass is 10.1. The molecule has 0 heterocycles. The van der Waals surface area contributed by atoms with Gasteiger partial charge in [0.2, 0.25) is 0 Å². The molecule has 3 heteroatoms. The van der Waals surface area contributed by atoms with E-state index in [1.54, 1.807) is 12.1 Å². The van der Waals surface area contributed by atoms with Crippen LogP contribution in [-0.2, 0) is 0 Å². The van der Waals surface area contributed by atoms with Gasteiger partial charge in [0.15, 0.2) is 0 Å². The third-order valence-electron chi connectivity index (χ3n) is 1.89. The van der Waals surface area contributed by atoms with Gasteiger partial charge in [0.1, 0.15) is 5.75 Å². The van der Waals surface area contributed by atoms with Gasteiger partial charge in [0.05, 0.1) is 5.69 Å². The highest BCUT2D eigenvalue weighted by atomic mass is 16.3. The molecule has 0 atom stereocenters. The summed E-state index contributed by atoms with van der Waals surface area (Å²) in [4.78, 5) is 0. The van der Waals surface area contributed by atoms with Crippen LogP contribution in [0.5, 0.6) is 5.75 Å². The molecule has 4 N–H and O–H groups in total. The van der Waals surface area contributed by atoms with E-state index in [1.807, 2.05) is 26.0 Å². The summed E-state index contributed by atoms with van der Waals surface area (Å²) in [6.07, 6.45) is 0. The van der Waals surface area contributed by atoms with E-state index in [0.717, 1.165) is 5.69 Å². The van der Waals surface area contributed by atoms with Crippen LogP contribution in [0, 0.1) is 0 Å². The van der Waals surface area contributed by atoms with Crippen LogP contribution in [-0.4, -0.2) is 17.2 Å². The molecule has 72 valence electrons. The lowest BCUT2D eigenvalue weighted by molar-refractivity contribution is 0.473. The second-order valence-corrected chi connectivity index (χ2v) is 3.73. The average Bonchev–Trinajstić information content (AvgIpc) is 2.09. The summed E-state index contributed by atoms with van der Waals surface area (Å²) >= 11 is 0. The van der Waals surface area contributed by atoms with Crippen LogP contribution >= 0.6 is 0 Å². The highest BCUT2D eigenvalue weighted by Crippen LogP contribution is 2.24. The maximum atomic E-state index is 9.47. The second-order valence-electron chi connectivity index (χ2n) is 3.73. The van der Waals surface area contributed by atoms with Crippen LogP contribution in [0.15, 0.2) is 24.3 Å². The highest BCUT2D eigenvalue weighted by molar-refractivity contribution is 5.56. The van der Waals surface area contributed by atoms with E-state index >= 15 is 0 Å². The fourth-order valence-corrected chi connectivity index (χ4v) is 0.995. The molecule has 0 bridgehead atoms. The van der Waals surface area contributed by atoms with E-state index in [9.17, 15) is 5.11 Å². The minimum absolute atomic E-state index is 0.196. The molecule has 0 aromatic heterocycles. The van der Waals surface area contributed by atoms with Crippen molar-refractivity contribution in [2.75, 3.05) is 11.9 Å². The normalized spacial score (nSPS) is 11.3. The van der Waals surface area contributed by atoms with Crippen molar-refractivity contribution in [2.45, 2.75) is 19.4 Å². The number of hydrogen-bond donors (Lipinski definition) is 3. The first-order valence-corrected chi connectivity index (χ1v) is 4.31. The van der Waals surface area contributed by atoms with E-state index in [4.69, 9.17) is 5.73 Å². The zero-order valence-electron chi connectivity index (χ0n) is 8.04. The van der Waals surface area contributed by atoms with Gasteiger partial charge in [-0.05, 0) is 26.0 Å². The topological polar surface area (TPSA) is 58.3 Å². The zero-order valence-corrected chi connectivity index (χ0v) is 8.04. The molecule has 0 saturated heterocycles. The lowest BCUT2D eigenvalue weighted by Gasteiger charge is -2.25. The smallest absolute Gasteiger partial charge is 0.138 e. The van der Waals surface area contributed by atoms with Gasteiger partial charge in [-0.15, -0.1) is 0 Å². The molecule has 1 aromatic carbocycles. The Kier molecular flexibility index (Phi) is 2.78. The van der Waals surface area contributed by atoms with Gasteiger partial charge in [0.25, 0.3) is 0 Å². The van der Waals surface area contributed by atoms with Gasteiger partial charge in [-0.25, -0.2) is 0 Å². The Balaban J connectivity index is 2.80. The monoisotopic (exact) mass is 180 g/mol. The predicted molar refractivity (Wildman–Crippen MR) is 54.9 cm³/mol. The Morgan fingerprint density at radius 2 is 2.00 bits per heavy atom. The van der Waals surface area contributed by atoms with Crippen LogP contribution in [0.25, 0.3) is 0 Å². The number of phenolic OH excluding ortho intramolecular Hbond substituents is 1. The van der Waals surface area contributed by atoms with Crippen LogP contribution in [0.3, 0.4) is 0 Å². The standard InChI is InChI=1S/C10H16N2O/c1-10(2,7-11)12-8-5-3-4-6-9(8)13/h3-6,12-13H,7,11H2,1-2H3. The van der Waals surface area contributed by atoms with Gasteiger partial charge >= 0.3 is 0 Å². The molecule has 0 aliphatic carbocycles. The largest absolute Gasteiger partial charge is 0.506 e.